The zero-order chi connectivity index (χ0) is 17.9. The first-order valence-electron chi connectivity index (χ1n) is 6.31. The fourth-order valence-electron chi connectivity index (χ4n) is 1.64. The van der Waals surface area contributed by atoms with Gasteiger partial charge in [-0.25, -0.2) is 4.98 Å². The van der Waals surface area contributed by atoms with Crippen molar-refractivity contribution in [2.45, 2.75) is 11.3 Å². The number of nitrogens with zero attached hydrogens (tertiary/aromatic N) is 1. The molecule has 0 bridgehead atoms. The van der Waals surface area contributed by atoms with Crippen LogP contribution in [0.25, 0.3) is 0 Å². The maximum absolute atomic E-state index is 12.7. The van der Waals surface area contributed by atoms with Crippen LogP contribution in [-0.4, -0.2) is 21.6 Å². The molecule has 6 nitrogen and oxygen atoms in total. The first-order chi connectivity index (χ1) is 11.1. The monoisotopic (exact) mass is 378 g/mol. The molecule has 1 aromatic carbocycles. The predicted molar refractivity (Wildman–Crippen MR) is 85.1 cm³/mol. The highest BCUT2D eigenvalue weighted by atomic mass is 35.5. The van der Waals surface area contributed by atoms with Gasteiger partial charge in [0.05, 0.1) is 22.0 Å². The second kappa shape index (κ2) is 7.14. The van der Waals surface area contributed by atoms with Crippen LogP contribution < -0.4 is 16.6 Å². The van der Waals surface area contributed by atoms with E-state index in [0.29, 0.717) is 0 Å². The number of thioether (sulfide) groups is 1. The number of amides is 1. The van der Waals surface area contributed by atoms with Crippen LogP contribution in [0.15, 0.2) is 34.2 Å². The molecule has 0 aliphatic heterocycles. The fourth-order valence-corrected chi connectivity index (χ4v) is 2.49. The highest BCUT2D eigenvalue weighted by Gasteiger charge is 2.31. The minimum atomic E-state index is -4.55. The van der Waals surface area contributed by atoms with Gasteiger partial charge in [-0.1, -0.05) is 23.4 Å². The number of benzene rings is 1. The predicted octanol–water partition coefficient (Wildman–Crippen LogP) is 2.76. The van der Waals surface area contributed by atoms with E-state index >= 15 is 0 Å². The lowest BCUT2D eigenvalue weighted by molar-refractivity contribution is -0.137. The second-order valence-electron chi connectivity index (χ2n) is 4.50. The average molecular weight is 379 g/mol. The number of rotatable bonds is 4. The number of halogens is 4. The molecule has 0 fully saturated rings. The molecule has 0 atom stereocenters. The SMILES string of the molecule is Nc1cc(=O)[nH]c(SCC(=O)Nc2cc(C(F)(F)F)ccc2Cl)n1. The summed E-state index contributed by atoms with van der Waals surface area (Å²) in [4.78, 5) is 29.2. The van der Waals surface area contributed by atoms with Crippen molar-refractivity contribution in [1.82, 2.24) is 9.97 Å². The third-order valence-corrected chi connectivity index (χ3v) is 3.85. The van der Waals surface area contributed by atoms with Crippen molar-refractivity contribution in [3.8, 4) is 0 Å². The molecule has 11 heteroatoms. The number of nitrogens with one attached hydrogen (secondary N) is 2. The zero-order valence-electron chi connectivity index (χ0n) is 11.8. The molecule has 1 heterocycles. The van der Waals surface area contributed by atoms with Crippen LogP contribution in [0, 0.1) is 0 Å². The number of alkyl halides is 3. The van der Waals surface area contributed by atoms with E-state index in [4.69, 9.17) is 17.3 Å². The van der Waals surface area contributed by atoms with Crippen molar-refractivity contribution in [3.05, 3.63) is 45.2 Å². The quantitative estimate of drug-likeness (QED) is 0.561. The van der Waals surface area contributed by atoms with E-state index in [-0.39, 0.29) is 27.4 Å². The number of hydrogen-bond acceptors (Lipinski definition) is 5. The largest absolute Gasteiger partial charge is 0.416 e. The summed E-state index contributed by atoms with van der Waals surface area (Å²) in [6.07, 6.45) is -4.55. The van der Waals surface area contributed by atoms with E-state index in [9.17, 15) is 22.8 Å². The highest BCUT2D eigenvalue weighted by Crippen LogP contribution is 2.33. The Labute approximate surface area is 142 Å². The van der Waals surface area contributed by atoms with Crippen LogP contribution in [0.4, 0.5) is 24.7 Å². The lowest BCUT2D eigenvalue weighted by Crippen LogP contribution is -2.16. The van der Waals surface area contributed by atoms with E-state index in [1.54, 1.807) is 0 Å². The molecule has 0 spiro atoms. The molecule has 1 aromatic heterocycles. The minimum Gasteiger partial charge on any atom is -0.383 e. The van der Waals surface area contributed by atoms with Gasteiger partial charge in [-0.3, -0.25) is 9.59 Å². The first-order valence-corrected chi connectivity index (χ1v) is 7.68. The molecule has 4 N–H and O–H groups in total. The lowest BCUT2D eigenvalue weighted by atomic mass is 10.2. The minimum absolute atomic E-state index is 0.0115. The standard InChI is InChI=1S/C13H10ClF3N4O2S/c14-7-2-1-6(13(15,16)17)3-8(7)19-11(23)5-24-12-20-9(18)4-10(22)21-12/h1-4H,5H2,(H,19,23)(H3,18,20,21,22). The van der Waals surface area contributed by atoms with Gasteiger partial charge in [-0.05, 0) is 18.2 Å². The smallest absolute Gasteiger partial charge is 0.383 e. The topological polar surface area (TPSA) is 101 Å². The Morgan fingerprint density at radius 1 is 1.38 bits per heavy atom. The number of anilines is 2. The summed E-state index contributed by atoms with van der Waals surface area (Å²) in [5.41, 5.74) is 3.82. The summed E-state index contributed by atoms with van der Waals surface area (Å²) in [5, 5.41) is 2.36. The summed E-state index contributed by atoms with van der Waals surface area (Å²) in [6, 6.07) is 3.68. The van der Waals surface area contributed by atoms with Crippen molar-refractivity contribution >= 4 is 40.8 Å². The molecule has 0 radical (unpaired) electrons. The van der Waals surface area contributed by atoms with E-state index in [2.05, 4.69) is 15.3 Å². The fraction of sp³-hybridized carbons (Fsp3) is 0.154. The Balaban J connectivity index is 2.06. The van der Waals surface area contributed by atoms with Crippen molar-refractivity contribution in [3.63, 3.8) is 0 Å². The summed E-state index contributed by atoms with van der Waals surface area (Å²) in [5.74, 6) is -0.840. The van der Waals surface area contributed by atoms with Crippen LogP contribution in [0.5, 0.6) is 0 Å². The number of hydrogen-bond donors (Lipinski definition) is 3. The van der Waals surface area contributed by atoms with Crippen LogP contribution >= 0.6 is 23.4 Å². The molecule has 1 amide bonds. The molecule has 0 saturated heterocycles. The molecule has 0 saturated carbocycles. The number of carbonyl (C=O) groups excluding carboxylic acids is 1. The van der Waals surface area contributed by atoms with E-state index in [1.165, 1.54) is 0 Å². The van der Waals surface area contributed by atoms with Gasteiger partial charge in [0.15, 0.2) is 5.16 Å². The molecule has 2 aromatic rings. The van der Waals surface area contributed by atoms with Gasteiger partial charge in [-0.2, -0.15) is 13.2 Å². The van der Waals surface area contributed by atoms with E-state index < -0.39 is 23.2 Å². The number of nitrogens with two attached hydrogens (primary N) is 1. The Morgan fingerprint density at radius 3 is 2.71 bits per heavy atom. The van der Waals surface area contributed by atoms with E-state index in [0.717, 1.165) is 36.0 Å². The molecule has 2 rings (SSSR count). The van der Waals surface area contributed by atoms with Crippen LogP contribution in [0.1, 0.15) is 5.56 Å². The number of carbonyl (C=O) groups is 1. The summed E-state index contributed by atoms with van der Waals surface area (Å²) in [6.45, 7) is 0. The number of H-pyrrole nitrogens is 1. The molecule has 0 aliphatic rings. The molecular weight excluding hydrogens is 369 g/mol. The van der Waals surface area contributed by atoms with Gasteiger partial charge in [-0.15, -0.1) is 0 Å². The van der Waals surface area contributed by atoms with Crippen molar-refractivity contribution in [2.75, 3.05) is 16.8 Å². The molecule has 0 unspecified atom stereocenters. The average Bonchev–Trinajstić information content (AvgIpc) is 2.45. The first kappa shape index (κ1) is 18.1. The number of aromatic nitrogens is 2. The normalized spacial score (nSPS) is 11.3. The maximum Gasteiger partial charge on any atom is 0.416 e. The van der Waals surface area contributed by atoms with Crippen molar-refractivity contribution in [1.29, 1.82) is 0 Å². The molecule has 24 heavy (non-hydrogen) atoms. The van der Waals surface area contributed by atoms with Gasteiger partial charge < -0.3 is 16.0 Å². The highest BCUT2D eigenvalue weighted by molar-refractivity contribution is 7.99. The second-order valence-corrected chi connectivity index (χ2v) is 5.88. The van der Waals surface area contributed by atoms with Crippen LogP contribution in [0.2, 0.25) is 5.02 Å². The summed E-state index contributed by atoms with van der Waals surface area (Å²) in [7, 11) is 0. The van der Waals surface area contributed by atoms with Crippen molar-refractivity contribution in [2.24, 2.45) is 0 Å². The van der Waals surface area contributed by atoms with E-state index in [1.807, 2.05) is 0 Å². The zero-order valence-corrected chi connectivity index (χ0v) is 13.4. The Bertz CT molecular complexity index is 826. The van der Waals surface area contributed by atoms with Crippen LogP contribution in [-0.2, 0) is 11.0 Å². The number of nitrogen functional groups attached to an aromatic ring is 1. The Kier molecular flexibility index (Phi) is 5.40. The van der Waals surface area contributed by atoms with Gasteiger partial charge >= 0.3 is 6.18 Å². The summed E-state index contributed by atoms with van der Waals surface area (Å²) < 4.78 is 38.0. The molecule has 0 aliphatic carbocycles. The number of aromatic amines is 1. The third kappa shape index (κ3) is 4.90. The van der Waals surface area contributed by atoms with Gasteiger partial charge in [0.25, 0.3) is 5.56 Å². The molecule has 128 valence electrons. The van der Waals surface area contributed by atoms with Gasteiger partial charge in [0, 0.05) is 6.07 Å². The third-order valence-electron chi connectivity index (χ3n) is 2.65. The Hall–Kier alpha value is -2.20. The van der Waals surface area contributed by atoms with Gasteiger partial charge in [0.1, 0.15) is 5.82 Å². The molecular formula is C13H10ClF3N4O2S. The lowest BCUT2D eigenvalue weighted by Gasteiger charge is -2.11. The Morgan fingerprint density at radius 2 is 2.08 bits per heavy atom. The van der Waals surface area contributed by atoms with Crippen molar-refractivity contribution < 1.29 is 18.0 Å². The van der Waals surface area contributed by atoms with Gasteiger partial charge in [0.2, 0.25) is 5.91 Å². The maximum atomic E-state index is 12.7. The van der Waals surface area contributed by atoms with Crippen LogP contribution in [0.3, 0.4) is 0 Å². The summed E-state index contributed by atoms with van der Waals surface area (Å²) >= 11 is 6.65.